The van der Waals surface area contributed by atoms with Gasteiger partial charge in [-0.1, -0.05) is 5.16 Å². The van der Waals surface area contributed by atoms with Crippen molar-refractivity contribution in [3.05, 3.63) is 0 Å². The molecule has 1 saturated heterocycles. The van der Waals surface area contributed by atoms with Crippen molar-refractivity contribution in [2.75, 3.05) is 6.61 Å². The van der Waals surface area contributed by atoms with Crippen molar-refractivity contribution in [2.45, 2.75) is 70.6 Å². The summed E-state index contributed by atoms with van der Waals surface area (Å²) in [6, 6.07) is 0. The molecule has 1 heterocycles. The maximum atomic E-state index is 13.2. The van der Waals surface area contributed by atoms with Gasteiger partial charge in [0.15, 0.2) is 0 Å². The van der Waals surface area contributed by atoms with Crippen molar-refractivity contribution >= 4 is 17.5 Å². The van der Waals surface area contributed by atoms with Crippen LogP contribution in [0.4, 0.5) is 0 Å². The van der Waals surface area contributed by atoms with Gasteiger partial charge in [0, 0.05) is 30.2 Å². The zero-order valence-electron chi connectivity index (χ0n) is 16.8. The quantitative estimate of drug-likeness (QED) is 0.326. The summed E-state index contributed by atoms with van der Waals surface area (Å²) in [5.41, 5.74) is 0.0486. The third kappa shape index (κ3) is 3.56. The third-order valence-corrected chi connectivity index (χ3v) is 6.19. The number of aliphatic hydroxyl groups excluding tert-OH is 2. The highest BCUT2D eigenvalue weighted by Gasteiger charge is 2.61. The molecule has 0 aromatic carbocycles. The van der Waals surface area contributed by atoms with Gasteiger partial charge in [0.05, 0.1) is 29.8 Å². The molecule has 0 aromatic rings. The molecule has 3 fully saturated rings. The summed E-state index contributed by atoms with van der Waals surface area (Å²) in [7, 11) is 0. The Labute approximate surface area is 166 Å². The second-order valence-electron chi connectivity index (χ2n) is 9.06. The maximum Gasteiger partial charge on any atom is 0.233 e. The fraction of sp³-hybridized carbons (Fsp3) is 0.762. The number of fused-ring (bicyclic) bond motifs is 3. The minimum absolute atomic E-state index is 0.169. The topological polar surface area (TPSA) is 99.4 Å². The van der Waals surface area contributed by atoms with Gasteiger partial charge < -0.3 is 15.1 Å². The molecule has 154 valence electrons. The highest BCUT2D eigenvalue weighted by Crippen LogP contribution is 2.50. The molecule has 0 spiro atoms. The number of aliphatic hydroxyl groups is 2. The van der Waals surface area contributed by atoms with Crippen molar-refractivity contribution in [2.24, 2.45) is 28.8 Å². The smallest absolute Gasteiger partial charge is 0.233 e. The zero-order chi connectivity index (χ0) is 20.6. The number of oxime groups is 1. The molecule has 3 rings (SSSR count). The predicted molar refractivity (Wildman–Crippen MR) is 103 cm³/mol. The number of hydrogen-bond donors (Lipinski definition) is 2. The number of likely N-dealkylation sites (tertiary alicyclic amines) is 1. The predicted octanol–water partition coefficient (Wildman–Crippen LogP) is 1.32. The van der Waals surface area contributed by atoms with E-state index in [2.05, 4.69) is 11.1 Å². The molecule has 0 radical (unpaired) electrons. The number of carbonyl (C=O) groups is 2. The Kier molecular flexibility index (Phi) is 5.83. The number of terminal acetylenes is 1. The lowest BCUT2D eigenvalue weighted by Crippen LogP contribution is -2.55. The highest BCUT2D eigenvalue weighted by atomic mass is 16.6. The van der Waals surface area contributed by atoms with Crippen LogP contribution in [-0.4, -0.2) is 57.0 Å². The minimum atomic E-state index is -1.06. The molecule has 28 heavy (non-hydrogen) atoms. The minimum Gasteiger partial charge on any atom is -0.396 e. The lowest BCUT2D eigenvalue weighted by Gasteiger charge is -2.45. The summed E-state index contributed by atoms with van der Waals surface area (Å²) in [5, 5.41) is 25.3. The van der Waals surface area contributed by atoms with Gasteiger partial charge in [0.2, 0.25) is 11.8 Å². The van der Waals surface area contributed by atoms with Crippen molar-refractivity contribution < 1.29 is 24.6 Å². The van der Waals surface area contributed by atoms with E-state index >= 15 is 0 Å². The van der Waals surface area contributed by atoms with Gasteiger partial charge in [-0.05, 0) is 40.0 Å². The summed E-state index contributed by atoms with van der Waals surface area (Å²) in [4.78, 5) is 32.8. The van der Waals surface area contributed by atoms with E-state index in [9.17, 15) is 19.8 Å². The van der Waals surface area contributed by atoms with Gasteiger partial charge >= 0.3 is 0 Å². The number of nitrogens with zero attached hydrogens (tertiary/aromatic N) is 2. The molecule has 2 aliphatic carbocycles. The van der Waals surface area contributed by atoms with Gasteiger partial charge in [0.25, 0.3) is 0 Å². The molecule has 1 aliphatic heterocycles. The Morgan fingerprint density at radius 2 is 1.89 bits per heavy atom. The van der Waals surface area contributed by atoms with E-state index in [1.54, 1.807) is 0 Å². The second-order valence-corrected chi connectivity index (χ2v) is 9.06. The van der Waals surface area contributed by atoms with Crippen LogP contribution in [0.15, 0.2) is 5.16 Å². The first-order valence-corrected chi connectivity index (χ1v) is 10.0. The normalized spacial score (nSPS) is 36.9. The molecular formula is C21H30N2O5. The van der Waals surface area contributed by atoms with E-state index in [4.69, 9.17) is 11.3 Å². The standard InChI is InChI=1S/C21H30N2O5/c1-5-6-7-10-28-22-14-11-15(24)18(25)16-12(14)8-9-13-17(16)20(27)23(19(13)26)21(2,3)4/h1,12-13,15-18,24-25H,6-11H2,2-4H3/b22-14-/t12-,13-,15+,16-,17+,18+/m0/s1. The molecule has 7 heteroatoms. The number of unbranched alkanes of at least 4 members (excludes halogenated alkanes) is 1. The summed E-state index contributed by atoms with van der Waals surface area (Å²) in [5.74, 6) is 0.352. The van der Waals surface area contributed by atoms with Crippen LogP contribution in [0.1, 0.15) is 52.9 Å². The Balaban J connectivity index is 1.85. The van der Waals surface area contributed by atoms with E-state index in [1.807, 2.05) is 20.8 Å². The molecular weight excluding hydrogens is 360 g/mol. The van der Waals surface area contributed by atoms with Crippen molar-refractivity contribution in [3.63, 3.8) is 0 Å². The van der Waals surface area contributed by atoms with E-state index in [1.165, 1.54) is 4.90 Å². The van der Waals surface area contributed by atoms with Gasteiger partial charge in [0.1, 0.15) is 6.61 Å². The molecule has 6 atom stereocenters. The zero-order valence-corrected chi connectivity index (χ0v) is 16.8. The number of carbonyl (C=O) groups excluding carboxylic acids is 2. The molecule has 2 N–H and O–H groups in total. The van der Waals surface area contributed by atoms with Crippen molar-refractivity contribution in [1.82, 2.24) is 4.90 Å². The Bertz CT molecular complexity index is 705. The summed E-state index contributed by atoms with van der Waals surface area (Å²) in [6.07, 6.45) is 5.84. The van der Waals surface area contributed by atoms with Crippen LogP contribution < -0.4 is 0 Å². The van der Waals surface area contributed by atoms with Crippen LogP contribution in [0.25, 0.3) is 0 Å². The molecule has 2 amide bonds. The third-order valence-electron chi connectivity index (χ3n) is 6.19. The van der Waals surface area contributed by atoms with Gasteiger partial charge in [-0.25, -0.2) is 0 Å². The van der Waals surface area contributed by atoms with Gasteiger partial charge in [-0.15, -0.1) is 12.3 Å². The number of imide groups is 1. The SMILES string of the molecule is C#CCCCO/N=C1/C[C@@H](O)[C@@H](O)[C@@H]2[C@@H]3C(=O)N(C(C)(C)C)C(=O)[C@H]3CC[C@@H]12. The van der Waals surface area contributed by atoms with Gasteiger partial charge in [-0.2, -0.15) is 0 Å². The Hall–Kier alpha value is -1.91. The summed E-state index contributed by atoms with van der Waals surface area (Å²) < 4.78 is 0. The lowest BCUT2D eigenvalue weighted by molar-refractivity contribution is -0.146. The van der Waals surface area contributed by atoms with Crippen LogP contribution in [0.3, 0.4) is 0 Å². The fourth-order valence-corrected chi connectivity index (χ4v) is 5.00. The molecule has 0 aromatic heterocycles. The second kappa shape index (κ2) is 7.84. The van der Waals surface area contributed by atoms with Crippen LogP contribution in [0.2, 0.25) is 0 Å². The average molecular weight is 390 g/mol. The van der Waals surface area contributed by atoms with Crippen LogP contribution in [0, 0.1) is 36.0 Å². The molecule has 3 aliphatic rings. The Morgan fingerprint density at radius 3 is 2.54 bits per heavy atom. The average Bonchev–Trinajstić information content (AvgIpc) is 2.89. The highest BCUT2D eigenvalue weighted by molar-refractivity contribution is 6.06. The fourth-order valence-electron chi connectivity index (χ4n) is 5.00. The number of hydrogen-bond acceptors (Lipinski definition) is 6. The summed E-state index contributed by atoms with van der Waals surface area (Å²) in [6.45, 7) is 5.88. The first-order chi connectivity index (χ1) is 13.2. The Morgan fingerprint density at radius 1 is 1.21 bits per heavy atom. The van der Waals surface area contributed by atoms with Crippen molar-refractivity contribution in [3.8, 4) is 12.3 Å². The largest absolute Gasteiger partial charge is 0.396 e. The van der Waals surface area contributed by atoms with Crippen LogP contribution in [0.5, 0.6) is 0 Å². The number of rotatable bonds is 4. The molecule has 0 bridgehead atoms. The van der Waals surface area contributed by atoms with Crippen LogP contribution in [-0.2, 0) is 14.4 Å². The summed E-state index contributed by atoms with van der Waals surface area (Å²) >= 11 is 0. The van der Waals surface area contributed by atoms with Gasteiger partial charge in [-0.3, -0.25) is 14.5 Å². The van der Waals surface area contributed by atoms with E-state index in [0.29, 0.717) is 38.0 Å². The lowest BCUT2D eigenvalue weighted by atomic mass is 9.60. The first kappa shape index (κ1) is 20.8. The van der Waals surface area contributed by atoms with E-state index < -0.39 is 35.5 Å². The van der Waals surface area contributed by atoms with E-state index in [0.717, 1.165) is 0 Å². The first-order valence-electron chi connectivity index (χ1n) is 10.0. The monoisotopic (exact) mass is 390 g/mol. The number of amides is 2. The molecule has 7 nitrogen and oxygen atoms in total. The van der Waals surface area contributed by atoms with Crippen LogP contribution >= 0.6 is 0 Å². The molecule has 2 saturated carbocycles. The van der Waals surface area contributed by atoms with Crippen molar-refractivity contribution in [1.29, 1.82) is 0 Å². The van der Waals surface area contributed by atoms with E-state index in [-0.39, 0.29) is 24.2 Å². The maximum absolute atomic E-state index is 13.2. The molecule has 0 unspecified atom stereocenters.